The number of amides is 1. The summed E-state index contributed by atoms with van der Waals surface area (Å²) < 4.78 is 1.91. The van der Waals surface area contributed by atoms with Crippen LogP contribution in [0.3, 0.4) is 0 Å². The quantitative estimate of drug-likeness (QED) is 0.311. The lowest BCUT2D eigenvalue weighted by Gasteiger charge is -2.25. The van der Waals surface area contributed by atoms with Gasteiger partial charge in [-0.3, -0.25) is 15.2 Å². The van der Waals surface area contributed by atoms with Gasteiger partial charge in [-0.25, -0.2) is 4.68 Å². The lowest BCUT2D eigenvalue weighted by molar-refractivity contribution is 0.0953. The highest BCUT2D eigenvalue weighted by atomic mass is 16.2. The fourth-order valence-corrected chi connectivity index (χ4v) is 3.86. The van der Waals surface area contributed by atoms with Crippen LogP contribution in [-0.2, 0) is 0 Å². The zero-order chi connectivity index (χ0) is 23.3. The molecule has 0 fully saturated rings. The topological polar surface area (TPSA) is 50.2 Å². The van der Waals surface area contributed by atoms with Gasteiger partial charge in [0.2, 0.25) is 0 Å². The van der Waals surface area contributed by atoms with Crippen molar-refractivity contribution in [2.45, 2.75) is 6.92 Å². The molecule has 0 radical (unpaired) electrons. The fraction of sp³-hybridized carbons (Fsp3) is 0.0345. The third-order valence-electron chi connectivity index (χ3n) is 5.52. The predicted octanol–water partition coefficient (Wildman–Crippen LogP) is 6.33. The number of hydrogen-bond donors (Lipinski definition) is 1. The smallest absolute Gasteiger partial charge is 0.267 e. The molecule has 0 saturated heterocycles. The zero-order valence-corrected chi connectivity index (χ0v) is 18.8. The Morgan fingerprint density at radius 2 is 1.26 bits per heavy atom. The predicted molar refractivity (Wildman–Crippen MR) is 136 cm³/mol. The lowest BCUT2D eigenvalue weighted by Crippen LogP contribution is -2.38. The van der Waals surface area contributed by atoms with Crippen LogP contribution in [0.5, 0.6) is 0 Å². The number of carbonyl (C=O) groups is 1. The van der Waals surface area contributed by atoms with E-state index in [9.17, 15) is 4.79 Å². The summed E-state index contributed by atoms with van der Waals surface area (Å²) in [5.74, 6) is -0.195. The second-order valence-electron chi connectivity index (χ2n) is 7.94. The van der Waals surface area contributed by atoms with Crippen LogP contribution in [0.4, 0.5) is 11.4 Å². The number of rotatable bonds is 6. The molecule has 0 aliphatic heterocycles. The Morgan fingerprint density at radius 1 is 0.735 bits per heavy atom. The van der Waals surface area contributed by atoms with Crippen molar-refractivity contribution in [3.05, 3.63) is 133 Å². The van der Waals surface area contributed by atoms with Gasteiger partial charge in [-0.1, -0.05) is 66.7 Å². The number of nitrogens with zero attached hydrogens (tertiary/aromatic N) is 3. The molecular weight excluding hydrogens is 420 g/mol. The molecule has 0 aliphatic carbocycles. The van der Waals surface area contributed by atoms with E-state index in [1.165, 1.54) is 0 Å². The first-order chi connectivity index (χ1) is 16.7. The van der Waals surface area contributed by atoms with Gasteiger partial charge < -0.3 is 0 Å². The first kappa shape index (κ1) is 21.2. The number of hydrogen-bond acceptors (Lipinski definition) is 3. The van der Waals surface area contributed by atoms with Crippen LogP contribution in [0, 0.1) is 6.92 Å². The van der Waals surface area contributed by atoms with Gasteiger partial charge in [0.25, 0.3) is 5.91 Å². The maximum Gasteiger partial charge on any atom is 0.270 e. The van der Waals surface area contributed by atoms with Gasteiger partial charge in [-0.2, -0.15) is 5.10 Å². The molecule has 0 saturated carbocycles. The van der Waals surface area contributed by atoms with Gasteiger partial charge in [0, 0.05) is 11.1 Å². The largest absolute Gasteiger partial charge is 0.270 e. The van der Waals surface area contributed by atoms with Crippen LogP contribution in [0.2, 0.25) is 0 Å². The van der Waals surface area contributed by atoms with E-state index in [0.717, 1.165) is 34.0 Å². The molecule has 5 heteroatoms. The Morgan fingerprint density at radius 3 is 1.82 bits per heavy atom. The van der Waals surface area contributed by atoms with Crippen molar-refractivity contribution in [2.24, 2.45) is 0 Å². The second-order valence-corrected chi connectivity index (χ2v) is 7.94. The minimum absolute atomic E-state index is 0.195. The van der Waals surface area contributed by atoms with Crippen molar-refractivity contribution < 1.29 is 4.79 Å². The second kappa shape index (κ2) is 9.46. The molecule has 0 aliphatic rings. The first-order valence-corrected chi connectivity index (χ1v) is 11.1. The highest BCUT2D eigenvalue weighted by Crippen LogP contribution is 2.25. The molecule has 34 heavy (non-hydrogen) atoms. The summed E-state index contributed by atoms with van der Waals surface area (Å²) in [5, 5.41) is 6.46. The first-order valence-electron chi connectivity index (χ1n) is 11.1. The molecule has 1 heterocycles. The maximum absolute atomic E-state index is 13.2. The van der Waals surface area contributed by atoms with Crippen molar-refractivity contribution >= 4 is 17.3 Å². The molecule has 4 aromatic carbocycles. The van der Waals surface area contributed by atoms with Crippen molar-refractivity contribution in [1.82, 2.24) is 15.2 Å². The van der Waals surface area contributed by atoms with Crippen LogP contribution in [0.25, 0.3) is 16.9 Å². The number of benzene rings is 4. The molecule has 166 valence electrons. The summed E-state index contributed by atoms with van der Waals surface area (Å²) in [7, 11) is 0. The van der Waals surface area contributed by atoms with E-state index >= 15 is 0 Å². The van der Waals surface area contributed by atoms with Crippen molar-refractivity contribution in [1.29, 1.82) is 0 Å². The van der Waals surface area contributed by atoms with Gasteiger partial charge in [-0.05, 0) is 61.5 Å². The van der Waals surface area contributed by atoms with Gasteiger partial charge >= 0.3 is 0 Å². The number of para-hydroxylation sites is 2. The van der Waals surface area contributed by atoms with Crippen LogP contribution >= 0.6 is 0 Å². The standard InChI is InChI=1S/C29H24N4O/c1-22-21-28(23-11-5-2-6-12-23)33(30-22)27-19-17-24(18-20-27)29(34)31-32(25-13-7-3-8-14-25)26-15-9-4-10-16-26/h2-21H,1H3,(H,31,34). The summed E-state index contributed by atoms with van der Waals surface area (Å²) in [6.07, 6.45) is 0. The Kier molecular flexibility index (Phi) is 5.91. The molecule has 0 unspecified atom stereocenters. The number of hydrazine groups is 1. The summed E-state index contributed by atoms with van der Waals surface area (Å²) >= 11 is 0. The van der Waals surface area contributed by atoms with E-state index < -0.39 is 0 Å². The normalized spacial score (nSPS) is 10.6. The van der Waals surface area contributed by atoms with E-state index in [0.29, 0.717) is 5.56 Å². The van der Waals surface area contributed by atoms with Gasteiger partial charge in [0.1, 0.15) is 0 Å². The SMILES string of the molecule is Cc1cc(-c2ccccc2)n(-c2ccc(C(=O)NN(c3ccccc3)c3ccccc3)cc2)n1. The Hall–Kier alpha value is -4.64. The zero-order valence-electron chi connectivity index (χ0n) is 18.8. The molecule has 5 nitrogen and oxygen atoms in total. The average molecular weight is 445 g/mol. The Bertz CT molecular complexity index is 1340. The van der Waals surface area contributed by atoms with Gasteiger partial charge in [0.05, 0.1) is 28.5 Å². The molecule has 0 spiro atoms. The molecule has 1 N–H and O–H groups in total. The Labute approximate surface area is 198 Å². The number of nitrogens with one attached hydrogen (secondary N) is 1. The molecule has 5 aromatic rings. The minimum Gasteiger partial charge on any atom is -0.267 e. The third kappa shape index (κ3) is 4.45. The lowest BCUT2D eigenvalue weighted by atomic mass is 10.1. The van der Waals surface area contributed by atoms with Gasteiger partial charge in [-0.15, -0.1) is 0 Å². The van der Waals surface area contributed by atoms with E-state index in [1.54, 1.807) is 5.01 Å². The van der Waals surface area contributed by atoms with Crippen LogP contribution in [-0.4, -0.2) is 15.7 Å². The molecule has 1 aromatic heterocycles. The molecule has 5 rings (SSSR count). The summed E-state index contributed by atoms with van der Waals surface area (Å²) in [6, 6.07) is 39.2. The number of carbonyl (C=O) groups excluding carboxylic acids is 1. The number of aryl methyl sites for hydroxylation is 1. The van der Waals surface area contributed by atoms with E-state index in [1.807, 2.05) is 115 Å². The molecule has 1 amide bonds. The van der Waals surface area contributed by atoms with E-state index in [-0.39, 0.29) is 5.91 Å². The number of anilines is 2. The van der Waals surface area contributed by atoms with E-state index in [2.05, 4.69) is 28.7 Å². The van der Waals surface area contributed by atoms with Crippen LogP contribution in [0.15, 0.2) is 121 Å². The molecule has 0 atom stereocenters. The fourth-order valence-electron chi connectivity index (χ4n) is 3.86. The monoisotopic (exact) mass is 444 g/mol. The maximum atomic E-state index is 13.2. The molecular formula is C29H24N4O. The summed E-state index contributed by atoms with van der Waals surface area (Å²) in [5.41, 5.74) is 9.27. The van der Waals surface area contributed by atoms with Crippen molar-refractivity contribution in [3.63, 3.8) is 0 Å². The third-order valence-corrected chi connectivity index (χ3v) is 5.52. The van der Waals surface area contributed by atoms with Crippen LogP contribution < -0.4 is 10.4 Å². The van der Waals surface area contributed by atoms with Crippen molar-refractivity contribution in [3.8, 4) is 16.9 Å². The minimum atomic E-state index is -0.195. The highest BCUT2D eigenvalue weighted by molar-refractivity contribution is 5.96. The highest BCUT2D eigenvalue weighted by Gasteiger charge is 2.15. The van der Waals surface area contributed by atoms with Crippen molar-refractivity contribution in [2.75, 3.05) is 5.01 Å². The van der Waals surface area contributed by atoms with Gasteiger partial charge in [0.15, 0.2) is 0 Å². The summed E-state index contributed by atoms with van der Waals surface area (Å²) in [4.78, 5) is 13.2. The Balaban J connectivity index is 1.41. The number of aromatic nitrogens is 2. The molecule has 0 bridgehead atoms. The van der Waals surface area contributed by atoms with Crippen LogP contribution in [0.1, 0.15) is 16.1 Å². The summed E-state index contributed by atoms with van der Waals surface area (Å²) in [6.45, 7) is 1.98. The average Bonchev–Trinajstić information content (AvgIpc) is 3.30. The van der Waals surface area contributed by atoms with E-state index in [4.69, 9.17) is 0 Å².